The molecule has 1 aliphatic heterocycles. The minimum atomic E-state index is -3.55. The Kier molecular flexibility index (Phi) is 2.90. The van der Waals surface area contributed by atoms with Gasteiger partial charge in [0, 0.05) is 0 Å². The molecule has 0 aromatic heterocycles. The molecule has 0 fully saturated rings. The van der Waals surface area contributed by atoms with Crippen LogP contribution >= 0.6 is 0 Å². The van der Waals surface area contributed by atoms with E-state index in [-0.39, 0.29) is 10.5 Å². The van der Waals surface area contributed by atoms with Crippen LogP contribution in [0.5, 0.6) is 0 Å². The van der Waals surface area contributed by atoms with Crippen LogP contribution < -0.4 is 4.72 Å². The monoisotopic (exact) mass is 213 g/mol. The van der Waals surface area contributed by atoms with Crippen LogP contribution in [0.3, 0.4) is 0 Å². The van der Waals surface area contributed by atoms with Crippen molar-refractivity contribution in [2.75, 3.05) is 0 Å². The number of rotatable bonds is 0. The molecule has 0 saturated heterocycles. The van der Waals surface area contributed by atoms with E-state index in [0.29, 0.717) is 0 Å². The van der Waals surface area contributed by atoms with Crippen LogP contribution in [0.15, 0.2) is 29.2 Å². The SMILES string of the molecule is CC.O=C1NS(=O)(=O)c2ccccc21. The molecule has 0 atom stereocenters. The molecule has 0 saturated carbocycles. The van der Waals surface area contributed by atoms with Crippen molar-refractivity contribution in [1.29, 1.82) is 0 Å². The summed E-state index contributed by atoms with van der Waals surface area (Å²) in [5, 5.41) is 0. The van der Waals surface area contributed by atoms with Crippen LogP contribution in [0, 0.1) is 0 Å². The normalized spacial score (nSPS) is 16.3. The van der Waals surface area contributed by atoms with E-state index in [2.05, 4.69) is 0 Å². The maximum atomic E-state index is 11.1. The van der Waals surface area contributed by atoms with Crippen molar-refractivity contribution in [3.63, 3.8) is 0 Å². The fourth-order valence-electron chi connectivity index (χ4n) is 1.12. The zero-order valence-electron chi connectivity index (χ0n) is 7.94. The maximum absolute atomic E-state index is 11.1. The number of hydrogen-bond acceptors (Lipinski definition) is 3. The topological polar surface area (TPSA) is 63.2 Å². The second kappa shape index (κ2) is 3.79. The van der Waals surface area contributed by atoms with E-state index < -0.39 is 15.9 Å². The summed E-state index contributed by atoms with van der Waals surface area (Å²) in [4.78, 5) is 11.1. The summed E-state index contributed by atoms with van der Waals surface area (Å²) in [6.45, 7) is 4.00. The Bertz CT molecular complexity index is 451. The lowest BCUT2D eigenvalue weighted by atomic mass is 10.2. The van der Waals surface area contributed by atoms with Crippen molar-refractivity contribution in [1.82, 2.24) is 4.72 Å². The van der Waals surface area contributed by atoms with Gasteiger partial charge in [-0.1, -0.05) is 26.0 Å². The van der Waals surface area contributed by atoms with Gasteiger partial charge in [0.1, 0.15) is 4.90 Å². The van der Waals surface area contributed by atoms with Gasteiger partial charge in [-0.3, -0.25) is 4.79 Å². The van der Waals surface area contributed by atoms with Crippen molar-refractivity contribution in [2.45, 2.75) is 18.7 Å². The third-order valence-corrected chi connectivity index (χ3v) is 3.04. The van der Waals surface area contributed by atoms with Gasteiger partial charge in [-0.05, 0) is 12.1 Å². The summed E-state index contributed by atoms with van der Waals surface area (Å²) in [6.07, 6.45) is 0. The molecule has 0 bridgehead atoms. The zero-order chi connectivity index (χ0) is 10.8. The first-order valence-corrected chi connectivity index (χ1v) is 5.76. The van der Waals surface area contributed by atoms with Crippen molar-refractivity contribution < 1.29 is 13.2 Å². The van der Waals surface area contributed by atoms with Crippen LogP contribution in [-0.2, 0) is 10.0 Å². The molecule has 1 aliphatic rings. The Hall–Kier alpha value is -1.36. The second-order valence-electron chi connectivity index (χ2n) is 2.43. The fourth-order valence-corrected chi connectivity index (χ4v) is 2.29. The van der Waals surface area contributed by atoms with Gasteiger partial charge in [0.05, 0.1) is 5.56 Å². The highest BCUT2D eigenvalue weighted by molar-refractivity contribution is 7.90. The van der Waals surface area contributed by atoms with E-state index in [1.807, 2.05) is 18.6 Å². The lowest BCUT2D eigenvalue weighted by Crippen LogP contribution is -2.20. The van der Waals surface area contributed by atoms with Crippen molar-refractivity contribution in [3.05, 3.63) is 29.8 Å². The zero-order valence-corrected chi connectivity index (χ0v) is 8.76. The average Bonchev–Trinajstić information content (AvgIpc) is 2.42. The minimum Gasteiger partial charge on any atom is -0.268 e. The summed E-state index contributed by atoms with van der Waals surface area (Å²) in [6, 6.07) is 6.09. The molecule has 1 amide bonds. The first-order chi connectivity index (χ1) is 6.61. The fraction of sp³-hybridized carbons (Fsp3) is 0.222. The summed E-state index contributed by atoms with van der Waals surface area (Å²) >= 11 is 0. The predicted octanol–water partition coefficient (Wildman–Crippen LogP) is 1.14. The van der Waals surface area contributed by atoms with Crippen molar-refractivity contribution in [2.24, 2.45) is 0 Å². The summed E-state index contributed by atoms with van der Waals surface area (Å²) in [7, 11) is -3.55. The van der Waals surface area contributed by atoms with Gasteiger partial charge in [0.15, 0.2) is 0 Å². The lowest BCUT2D eigenvalue weighted by molar-refractivity contribution is 0.0985. The van der Waals surface area contributed by atoms with Gasteiger partial charge in [-0.15, -0.1) is 0 Å². The summed E-state index contributed by atoms with van der Waals surface area (Å²) in [5.74, 6) is -0.550. The van der Waals surface area contributed by atoms with E-state index >= 15 is 0 Å². The Morgan fingerprint density at radius 1 is 1.14 bits per heavy atom. The number of amides is 1. The highest BCUT2D eigenvalue weighted by Gasteiger charge is 2.31. The average molecular weight is 213 g/mol. The molecule has 2 rings (SSSR count). The van der Waals surface area contributed by atoms with E-state index in [9.17, 15) is 13.2 Å². The van der Waals surface area contributed by atoms with E-state index in [1.165, 1.54) is 12.1 Å². The number of hydrogen-bond donors (Lipinski definition) is 1. The van der Waals surface area contributed by atoms with Gasteiger partial charge in [0.2, 0.25) is 0 Å². The van der Waals surface area contributed by atoms with E-state index in [1.54, 1.807) is 12.1 Å². The predicted molar refractivity (Wildman–Crippen MR) is 52.4 cm³/mol. The highest BCUT2D eigenvalue weighted by Crippen LogP contribution is 2.20. The molecular weight excluding hydrogens is 202 g/mol. The van der Waals surface area contributed by atoms with Crippen LogP contribution in [0.1, 0.15) is 24.2 Å². The van der Waals surface area contributed by atoms with Crippen LogP contribution in [0.2, 0.25) is 0 Å². The Labute approximate surface area is 83.0 Å². The van der Waals surface area contributed by atoms with Gasteiger partial charge in [-0.25, -0.2) is 13.1 Å². The quantitative estimate of drug-likeness (QED) is 0.703. The number of sulfonamides is 1. The van der Waals surface area contributed by atoms with Gasteiger partial charge >= 0.3 is 0 Å². The molecule has 1 N–H and O–H groups in total. The van der Waals surface area contributed by atoms with E-state index in [4.69, 9.17) is 0 Å². The highest BCUT2D eigenvalue weighted by atomic mass is 32.2. The number of carbonyl (C=O) groups excluding carboxylic acids is 1. The molecule has 14 heavy (non-hydrogen) atoms. The van der Waals surface area contributed by atoms with Crippen molar-refractivity contribution in [3.8, 4) is 0 Å². The molecule has 1 aromatic rings. The summed E-state index contributed by atoms with van der Waals surface area (Å²) in [5.41, 5.74) is 0.220. The van der Waals surface area contributed by atoms with Crippen molar-refractivity contribution >= 4 is 15.9 Å². The summed E-state index contributed by atoms with van der Waals surface area (Å²) < 4.78 is 24.2. The third-order valence-electron chi connectivity index (χ3n) is 1.65. The minimum absolute atomic E-state index is 0.0648. The molecule has 4 nitrogen and oxygen atoms in total. The lowest BCUT2D eigenvalue weighted by Gasteiger charge is -1.91. The Balaban J connectivity index is 0.000000461. The second-order valence-corrected chi connectivity index (χ2v) is 4.08. The Morgan fingerprint density at radius 2 is 1.71 bits per heavy atom. The van der Waals surface area contributed by atoms with Gasteiger partial charge < -0.3 is 0 Å². The molecule has 0 aliphatic carbocycles. The van der Waals surface area contributed by atoms with Crippen LogP contribution in [0.4, 0.5) is 0 Å². The smallest absolute Gasteiger partial charge is 0.266 e. The number of benzene rings is 1. The largest absolute Gasteiger partial charge is 0.268 e. The van der Waals surface area contributed by atoms with E-state index in [0.717, 1.165) is 0 Å². The third kappa shape index (κ3) is 1.63. The molecule has 1 heterocycles. The molecule has 0 unspecified atom stereocenters. The molecule has 5 heteroatoms. The number of nitrogens with one attached hydrogen (secondary N) is 1. The molecule has 1 aromatic carbocycles. The maximum Gasteiger partial charge on any atom is 0.266 e. The standard InChI is InChI=1S/C7H5NO3S.C2H6/c9-7-5-3-1-2-4-6(5)12(10,11)8-7;1-2/h1-4H,(H,8,9);1-2H3. The first kappa shape index (κ1) is 10.7. The Morgan fingerprint density at radius 3 is 2.29 bits per heavy atom. The number of fused-ring (bicyclic) bond motifs is 1. The van der Waals surface area contributed by atoms with Gasteiger partial charge in [-0.2, -0.15) is 0 Å². The molecule has 76 valence electrons. The molecule has 0 radical (unpaired) electrons. The first-order valence-electron chi connectivity index (χ1n) is 4.27. The molecular formula is C9H11NO3S. The molecule has 0 spiro atoms. The van der Waals surface area contributed by atoms with Gasteiger partial charge in [0.25, 0.3) is 15.9 Å². The number of carbonyl (C=O) groups is 1. The van der Waals surface area contributed by atoms with Crippen LogP contribution in [0.25, 0.3) is 0 Å². The van der Waals surface area contributed by atoms with Crippen LogP contribution in [-0.4, -0.2) is 14.3 Å².